The van der Waals surface area contributed by atoms with Crippen LogP contribution in [0.15, 0.2) is 140 Å². The molecule has 1 aliphatic rings. The van der Waals surface area contributed by atoms with Crippen molar-refractivity contribution in [3.63, 3.8) is 0 Å². The lowest BCUT2D eigenvalue weighted by Crippen LogP contribution is -2.32. The molecule has 9 rings (SSSR count). The van der Waals surface area contributed by atoms with Crippen LogP contribution in [0.3, 0.4) is 0 Å². The summed E-state index contributed by atoms with van der Waals surface area (Å²) in [5, 5.41) is 7.60. The number of amides is 1. The number of fused-ring (bicyclic) bond motifs is 2. The first kappa shape index (κ1) is 46.1. The Morgan fingerprint density at radius 3 is 2.21 bits per heavy atom. The predicted molar refractivity (Wildman–Crippen MR) is 243 cm³/mol. The molecule has 8 aromatic rings. The highest BCUT2D eigenvalue weighted by atomic mass is 35.5. The van der Waals surface area contributed by atoms with Gasteiger partial charge in [-0.15, -0.1) is 13.2 Å². The van der Waals surface area contributed by atoms with Crippen LogP contribution in [0.5, 0.6) is 17.4 Å². The number of aromatic nitrogens is 5. The van der Waals surface area contributed by atoms with E-state index in [0.29, 0.717) is 40.9 Å². The fourth-order valence-corrected chi connectivity index (χ4v) is 7.82. The number of piperidine rings is 1. The van der Waals surface area contributed by atoms with Gasteiger partial charge in [-0.3, -0.25) is 9.20 Å². The smallest absolute Gasteiger partial charge is 0.439 e. The standard InChI is InChI=1S/C29H28ClF3N4O2.C20H13F3N4O/c1-2-25-27(37-18-22(30)7-12-26(37)35-25)28(38)34-17-19-3-8-23(9-4-19)36-15-13-21(14-16-36)20-5-10-24(11-6-20)39-29(31,32)33;21-20(22,23)17-6-3-7-18(27-17)28-14-10-8-13(9-11-14)26-19-15-4-1-2-5-16(15)24-12-25-19/h3-12,18,21H,2,13-17H2,1H3,(H,34,38);1-12H,(H,24,25,26). The lowest BCUT2D eigenvalue weighted by molar-refractivity contribution is -0.274. The van der Waals surface area contributed by atoms with Gasteiger partial charge in [-0.25, -0.2) is 19.9 Å². The quantitative estimate of drug-likeness (QED) is 0.122. The average molecular weight is 939 g/mol. The molecule has 67 heavy (non-hydrogen) atoms. The first-order chi connectivity index (χ1) is 32.2. The molecule has 5 heterocycles. The largest absolute Gasteiger partial charge is 0.573 e. The van der Waals surface area contributed by atoms with E-state index in [-0.39, 0.29) is 23.5 Å². The second-order valence-corrected chi connectivity index (χ2v) is 15.8. The Morgan fingerprint density at radius 2 is 1.51 bits per heavy atom. The maximum Gasteiger partial charge on any atom is 0.573 e. The molecule has 344 valence electrons. The number of benzene rings is 4. The van der Waals surface area contributed by atoms with E-state index in [1.807, 2.05) is 43.3 Å². The highest BCUT2D eigenvalue weighted by Gasteiger charge is 2.33. The van der Waals surface area contributed by atoms with Crippen molar-refractivity contribution in [3.05, 3.63) is 173 Å². The maximum atomic E-state index is 13.0. The molecular formula is C49H41ClF6N8O3. The van der Waals surface area contributed by atoms with Crippen LogP contribution >= 0.6 is 11.6 Å². The number of pyridine rings is 2. The lowest BCUT2D eigenvalue weighted by atomic mass is 9.89. The number of aryl methyl sites for hydroxylation is 1. The molecule has 0 bridgehead atoms. The summed E-state index contributed by atoms with van der Waals surface area (Å²) in [6.45, 7) is 4.04. The van der Waals surface area contributed by atoms with Gasteiger partial charge in [0.15, 0.2) is 0 Å². The first-order valence-corrected chi connectivity index (χ1v) is 21.5. The van der Waals surface area contributed by atoms with Crippen LogP contribution in [0, 0.1) is 0 Å². The van der Waals surface area contributed by atoms with Gasteiger partial charge in [0.2, 0.25) is 5.88 Å². The molecule has 1 saturated heterocycles. The molecule has 0 atom stereocenters. The summed E-state index contributed by atoms with van der Waals surface area (Å²) in [7, 11) is 0. The van der Waals surface area contributed by atoms with E-state index in [1.54, 1.807) is 59.1 Å². The summed E-state index contributed by atoms with van der Waals surface area (Å²) < 4.78 is 86.5. The van der Waals surface area contributed by atoms with Gasteiger partial charge < -0.3 is 25.0 Å². The highest BCUT2D eigenvalue weighted by Crippen LogP contribution is 2.34. The van der Waals surface area contributed by atoms with E-state index < -0.39 is 18.2 Å². The average Bonchev–Trinajstić information content (AvgIpc) is 3.69. The third kappa shape index (κ3) is 11.7. The van der Waals surface area contributed by atoms with Crippen molar-refractivity contribution in [2.45, 2.75) is 51.2 Å². The van der Waals surface area contributed by atoms with Gasteiger partial charge in [-0.05, 0) is 115 Å². The van der Waals surface area contributed by atoms with Crippen molar-refractivity contribution in [2.75, 3.05) is 23.3 Å². The van der Waals surface area contributed by atoms with E-state index in [4.69, 9.17) is 16.3 Å². The summed E-state index contributed by atoms with van der Waals surface area (Å²) in [6.07, 6.45) is -3.59. The number of ether oxygens (including phenoxy) is 2. The number of anilines is 3. The van der Waals surface area contributed by atoms with Gasteiger partial charge in [-0.1, -0.05) is 61.0 Å². The Morgan fingerprint density at radius 1 is 0.791 bits per heavy atom. The number of alkyl halides is 6. The Balaban J connectivity index is 0.000000192. The number of carbonyl (C=O) groups is 1. The number of nitrogens with zero attached hydrogens (tertiary/aromatic N) is 6. The molecule has 0 saturated carbocycles. The summed E-state index contributed by atoms with van der Waals surface area (Å²) in [5.41, 5.74) is 5.56. The number of hydrogen-bond donors (Lipinski definition) is 2. The Bertz CT molecular complexity index is 2950. The van der Waals surface area contributed by atoms with Crippen LogP contribution in [-0.2, 0) is 19.1 Å². The molecule has 1 aliphatic heterocycles. The molecular weight excluding hydrogens is 898 g/mol. The summed E-state index contributed by atoms with van der Waals surface area (Å²) in [4.78, 5) is 31.8. The fraction of sp³-hybridized carbons (Fsp3) is 0.204. The third-order valence-corrected chi connectivity index (χ3v) is 11.2. The Hall–Kier alpha value is -7.40. The molecule has 1 amide bonds. The second-order valence-electron chi connectivity index (χ2n) is 15.4. The number of rotatable bonds is 11. The van der Waals surface area contributed by atoms with E-state index in [1.165, 1.54) is 30.6 Å². The van der Waals surface area contributed by atoms with Crippen LogP contribution in [0.1, 0.15) is 58.7 Å². The molecule has 0 aliphatic carbocycles. The van der Waals surface area contributed by atoms with Crippen LogP contribution in [0.4, 0.5) is 43.5 Å². The van der Waals surface area contributed by atoms with Gasteiger partial charge in [0, 0.05) is 48.7 Å². The first-order valence-electron chi connectivity index (χ1n) is 21.1. The summed E-state index contributed by atoms with van der Waals surface area (Å²) in [5.74, 6) is 0.777. The third-order valence-electron chi connectivity index (χ3n) is 10.9. The molecule has 1 fully saturated rings. The van der Waals surface area contributed by atoms with Crippen molar-refractivity contribution < 1.29 is 40.6 Å². The number of hydrogen-bond acceptors (Lipinski definition) is 9. The molecule has 0 unspecified atom stereocenters. The van der Waals surface area contributed by atoms with Crippen LogP contribution in [-0.4, -0.2) is 49.7 Å². The van der Waals surface area contributed by atoms with E-state index in [2.05, 4.69) is 52.3 Å². The fourth-order valence-electron chi connectivity index (χ4n) is 7.66. The topological polar surface area (TPSA) is 119 Å². The van der Waals surface area contributed by atoms with Gasteiger partial charge in [0.25, 0.3) is 5.91 Å². The minimum absolute atomic E-state index is 0.127. The normalized spacial score (nSPS) is 13.2. The minimum atomic E-state index is -4.68. The number of para-hydroxylation sites is 1. The van der Waals surface area contributed by atoms with E-state index in [0.717, 1.165) is 71.1 Å². The number of halogens is 7. The van der Waals surface area contributed by atoms with E-state index in [9.17, 15) is 31.1 Å². The van der Waals surface area contributed by atoms with Gasteiger partial charge >= 0.3 is 12.5 Å². The minimum Gasteiger partial charge on any atom is -0.439 e. The zero-order chi connectivity index (χ0) is 47.1. The molecule has 0 radical (unpaired) electrons. The van der Waals surface area contributed by atoms with Crippen molar-refractivity contribution in [3.8, 4) is 17.4 Å². The zero-order valence-corrected chi connectivity index (χ0v) is 36.4. The molecule has 18 heteroatoms. The predicted octanol–water partition coefficient (Wildman–Crippen LogP) is 12.3. The zero-order valence-electron chi connectivity index (χ0n) is 35.7. The summed E-state index contributed by atoms with van der Waals surface area (Å²) in [6, 6.07) is 35.7. The van der Waals surface area contributed by atoms with Crippen molar-refractivity contribution in [1.82, 2.24) is 29.7 Å². The van der Waals surface area contributed by atoms with E-state index >= 15 is 0 Å². The number of imidazole rings is 1. The molecule has 11 nitrogen and oxygen atoms in total. The molecule has 4 aromatic carbocycles. The molecule has 2 N–H and O–H groups in total. The number of nitrogens with one attached hydrogen (secondary N) is 2. The van der Waals surface area contributed by atoms with Crippen LogP contribution in [0.2, 0.25) is 5.02 Å². The Kier molecular flexibility index (Phi) is 13.8. The SMILES string of the molecule is CCc1nc2ccc(Cl)cn2c1C(=O)NCc1ccc(N2CCC(c3ccc(OC(F)(F)F)cc3)CC2)cc1.FC(F)(F)c1cccc(Oc2ccc(Nc3ncnc4ccccc34)cc2)n1. The molecule has 0 spiro atoms. The van der Waals surface area contributed by atoms with Crippen molar-refractivity contribution in [1.29, 1.82) is 0 Å². The maximum absolute atomic E-state index is 13.0. The van der Waals surface area contributed by atoms with Gasteiger partial charge in [0.05, 0.1) is 16.2 Å². The number of carbonyl (C=O) groups excluding carboxylic acids is 1. The Labute approximate surface area is 385 Å². The molecule has 4 aromatic heterocycles. The van der Waals surface area contributed by atoms with Crippen LogP contribution in [0.25, 0.3) is 16.6 Å². The second kappa shape index (κ2) is 20.0. The van der Waals surface area contributed by atoms with Gasteiger partial charge in [0.1, 0.15) is 40.7 Å². The van der Waals surface area contributed by atoms with Gasteiger partial charge in [-0.2, -0.15) is 13.2 Å². The lowest BCUT2D eigenvalue weighted by Gasteiger charge is -2.34. The van der Waals surface area contributed by atoms with Crippen molar-refractivity contribution >= 4 is 51.3 Å². The highest BCUT2D eigenvalue weighted by molar-refractivity contribution is 6.30. The summed E-state index contributed by atoms with van der Waals surface area (Å²) >= 11 is 6.14. The monoisotopic (exact) mass is 938 g/mol. The van der Waals surface area contributed by atoms with Crippen molar-refractivity contribution in [2.24, 2.45) is 0 Å². The van der Waals surface area contributed by atoms with Crippen LogP contribution < -0.4 is 25.0 Å².